The molecule has 9 heteroatoms. The number of nitrogens with one attached hydrogen (secondary N) is 2. The zero-order valence-electron chi connectivity index (χ0n) is 18.3. The lowest BCUT2D eigenvalue weighted by Crippen LogP contribution is -2.15. The Bertz CT molecular complexity index is 1370. The van der Waals surface area contributed by atoms with Crippen LogP contribution in [0.5, 0.6) is 5.75 Å². The van der Waals surface area contributed by atoms with E-state index in [0.717, 1.165) is 11.1 Å². The van der Waals surface area contributed by atoms with Crippen LogP contribution in [0.25, 0.3) is 0 Å². The van der Waals surface area contributed by atoms with Crippen LogP contribution in [0.2, 0.25) is 0 Å². The van der Waals surface area contributed by atoms with Crippen molar-refractivity contribution in [1.82, 2.24) is 9.97 Å². The van der Waals surface area contributed by atoms with E-state index >= 15 is 0 Å². The lowest BCUT2D eigenvalue weighted by molar-refractivity contribution is 0.102. The van der Waals surface area contributed by atoms with Gasteiger partial charge in [0.25, 0.3) is 15.9 Å². The third-order valence-corrected chi connectivity index (χ3v) is 6.27. The number of aromatic nitrogens is 2. The van der Waals surface area contributed by atoms with Crippen molar-refractivity contribution in [3.63, 3.8) is 0 Å². The summed E-state index contributed by atoms with van der Waals surface area (Å²) in [6.07, 6.45) is 4.89. The predicted molar refractivity (Wildman–Crippen MR) is 129 cm³/mol. The molecule has 172 valence electrons. The molecule has 0 spiro atoms. The van der Waals surface area contributed by atoms with Crippen molar-refractivity contribution in [2.24, 2.45) is 0 Å². The first-order valence-corrected chi connectivity index (χ1v) is 11.9. The van der Waals surface area contributed by atoms with E-state index in [1.165, 1.54) is 24.3 Å². The summed E-state index contributed by atoms with van der Waals surface area (Å²) < 4.78 is 33.6. The third-order valence-electron chi connectivity index (χ3n) is 4.88. The number of hydrogen-bond donors (Lipinski definition) is 2. The lowest BCUT2D eigenvalue weighted by atomic mass is 10.2. The first-order chi connectivity index (χ1) is 16.4. The van der Waals surface area contributed by atoms with Gasteiger partial charge < -0.3 is 10.1 Å². The maximum atomic E-state index is 12.7. The molecule has 0 radical (unpaired) electrons. The number of carbonyl (C=O) groups excluding carboxylic acids is 1. The molecule has 8 nitrogen and oxygen atoms in total. The largest absolute Gasteiger partial charge is 0.485 e. The van der Waals surface area contributed by atoms with Crippen LogP contribution >= 0.6 is 0 Å². The van der Waals surface area contributed by atoms with Gasteiger partial charge in [0.15, 0.2) is 11.6 Å². The Morgan fingerprint density at radius 3 is 2.32 bits per heavy atom. The molecule has 1 amide bonds. The average Bonchev–Trinajstić information content (AvgIpc) is 2.85. The van der Waals surface area contributed by atoms with Gasteiger partial charge in [-0.25, -0.2) is 13.4 Å². The molecule has 0 atom stereocenters. The number of pyridine rings is 2. The van der Waals surface area contributed by atoms with Crippen LogP contribution in [0.1, 0.15) is 21.5 Å². The van der Waals surface area contributed by atoms with Crippen LogP contribution in [0.3, 0.4) is 0 Å². The van der Waals surface area contributed by atoms with Gasteiger partial charge in [0.2, 0.25) is 0 Å². The molecule has 0 fully saturated rings. The molecule has 0 saturated carbocycles. The summed E-state index contributed by atoms with van der Waals surface area (Å²) in [6, 6.07) is 19.7. The highest BCUT2D eigenvalue weighted by atomic mass is 32.2. The minimum Gasteiger partial charge on any atom is -0.485 e. The van der Waals surface area contributed by atoms with Crippen molar-refractivity contribution >= 4 is 27.4 Å². The standard InChI is InChI=1S/C25H22N4O4S/c1-18-4-8-21(9-5-18)29-34(31,32)22-10-6-20(7-11-22)25(30)28-24-23(3-2-14-27-24)33-17-19-12-15-26-16-13-19/h2-16,29H,17H2,1H3,(H,27,28,30). The second-order valence-electron chi connectivity index (χ2n) is 7.44. The third kappa shape index (κ3) is 5.76. The summed E-state index contributed by atoms with van der Waals surface area (Å²) in [4.78, 5) is 21.0. The minimum atomic E-state index is -3.79. The molecule has 0 unspecified atom stereocenters. The number of rotatable bonds is 8. The zero-order chi connectivity index (χ0) is 24.0. The van der Waals surface area contributed by atoms with E-state index in [4.69, 9.17) is 4.74 Å². The lowest BCUT2D eigenvalue weighted by Gasteiger charge is -2.12. The van der Waals surface area contributed by atoms with Crippen molar-refractivity contribution in [1.29, 1.82) is 0 Å². The van der Waals surface area contributed by atoms with Gasteiger partial charge in [0.05, 0.1) is 4.90 Å². The number of aryl methyl sites for hydroxylation is 1. The van der Waals surface area contributed by atoms with Gasteiger partial charge in [-0.3, -0.25) is 14.5 Å². The highest BCUT2D eigenvalue weighted by molar-refractivity contribution is 7.92. The normalized spacial score (nSPS) is 11.0. The Morgan fingerprint density at radius 1 is 0.912 bits per heavy atom. The molecule has 0 aliphatic rings. The van der Waals surface area contributed by atoms with Gasteiger partial charge in [-0.1, -0.05) is 17.7 Å². The van der Waals surface area contributed by atoms with Gasteiger partial charge >= 0.3 is 0 Å². The molecule has 0 aliphatic carbocycles. The van der Waals surface area contributed by atoms with Gasteiger partial charge in [-0.2, -0.15) is 0 Å². The van der Waals surface area contributed by atoms with E-state index in [9.17, 15) is 13.2 Å². The van der Waals surface area contributed by atoms with Crippen LogP contribution < -0.4 is 14.8 Å². The summed E-state index contributed by atoms with van der Waals surface area (Å²) in [5, 5.41) is 2.71. The first kappa shape index (κ1) is 22.9. The summed E-state index contributed by atoms with van der Waals surface area (Å²) in [5.74, 6) is 0.233. The topological polar surface area (TPSA) is 110 Å². The van der Waals surface area contributed by atoms with Crippen molar-refractivity contribution in [3.8, 4) is 5.75 Å². The monoisotopic (exact) mass is 474 g/mol. The van der Waals surface area contributed by atoms with Gasteiger partial charge in [-0.15, -0.1) is 0 Å². The summed E-state index contributed by atoms with van der Waals surface area (Å²) in [7, 11) is -3.79. The Kier molecular flexibility index (Phi) is 6.84. The van der Waals surface area contributed by atoms with E-state index in [0.29, 0.717) is 11.4 Å². The molecule has 4 rings (SSSR count). The smallest absolute Gasteiger partial charge is 0.261 e. The summed E-state index contributed by atoms with van der Waals surface area (Å²) in [6.45, 7) is 2.21. The number of benzene rings is 2. The fourth-order valence-electron chi connectivity index (χ4n) is 3.04. The molecule has 2 N–H and O–H groups in total. The number of sulfonamides is 1. The second kappa shape index (κ2) is 10.1. The van der Waals surface area contributed by atoms with E-state index in [1.807, 2.05) is 31.2 Å². The quantitative estimate of drug-likeness (QED) is 0.391. The number of ether oxygens (including phenoxy) is 1. The maximum Gasteiger partial charge on any atom is 0.261 e. The van der Waals surface area contributed by atoms with Crippen LogP contribution in [-0.2, 0) is 16.6 Å². The van der Waals surface area contributed by atoms with Crippen molar-refractivity contribution < 1.29 is 17.9 Å². The van der Waals surface area contributed by atoms with Crippen molar-refractivity contribution in [3.05, 3.63) is 108 Å². The average molecular weight is 475 g/mol. The molecule has 0 bridgehead atoms. The van der Waals surface area contributed by atoms with E-state index < -0.39 is 15.9 Å². The summed E-state index contributed by atoms with van der Waals surface area (Å²) in [5.41, 5.74) is 2.69. The molecule has 2 aromatic heterocycles. The molecule has 0 aliphatic heterocycles. The number of amides is 1. The Balaban J connectivity index is 1.43. The molecule has 2 heterocycles. The van der Waals surface area contributed by atoms with Crippen molar-refractivity contribution in [2.75, 3.05) is 10.0 Å². The number of hydrogen-bond acceptors (Lipinski definition) is 6. The Morgan fingerprint density at radius 2 is 1.62 bits per heavy atom. The fraction of sp³-hybridized carbons (Fsp3) is 0.0800. The Hall–Kier alpha value is -4.24. The fourth-order valence-corrected chi connectivity index (χ4v) is 4.10. The van der Waals surface area contributed by atoms with Crippen LogP contribution in [0.4, 0.5) is 11.5 Å². The van der Waals surface area contributed by atoms with Crippen LogP contribution in [0.15, 0.2) is 96.3 Å². The molecular formula is C25H22N4O4S. The van der Waals surface area contributed by atoms with E-state index in [2.05, 4.69) is 20.0 Å². The van der Waals surface area contributed by atoms with Gasteiger partial charge in [0.1, 0.15) is 6.61 Å². The molecule has 0 saturated heterocycles. The molecular weight excluding hydrogens is 452 g/mol. The second-order valence-corrected chi connectivity index (χ2v) is 9.13. The molecule has 34 heavy (non-hydrogen) atoms. The maximum absolute atomic E-state index is 12.7. The van der Waals surface area contributed by atoms with E-state index in [1.54, 1.807) is 42.9 Å². The number of nitrogens with zero attached hydrogens (tertiary/aromatic N) is 2. The zero-order valence-corrected chi connectivity index (χ0v) is 19.1. The number of anilines is 2. The number of carbonyl (C=O) groups is 1. The SMILES string of the molecule is Cc1ccc(NS(=O)(=O)c2ccc(C(=O)Nc3ncccc3OCc3ccncc3)cc2)cc1. The minimum absolute atomic E-state index is 0.0452. The Labute approximate surface area is 197 Å². The molecule has 2 aromatic carbocycles. The van der Waals surface area contributed by atoms with E-state index in [-0.39, 0.29) is 22.9 Å². The van der Waals surface area contributed by atoms with Crippen molar-refractivity contribution in [2.45, 2.75) is 18.4 Å². The highest BCUT2D eigenvalue weighted by Gasteiger charge is 2.16. The highest BCUT2D eigenvalue weighted by Crippen LogP contribution is 2.23. The van der Waals surface area contributed by atoms with Crippen LogP contribution in [-0.4, -0.2) is 24.3 Å². The molecule has 4 aromatic rings. The van der Waals surface area contributed by atoms with Crippen LogP contribution in [0, 0.1) is 6.92 Å². The predicted octanol–water partition coefficient (Wildman–Crippen LogP) is 4.42. The van der Waals surface area contributed by atoms with Gasteiger partial charge in [0, 0.05) is 29.8 Å². The summed E-state index contributed by atoms with van der Waals surface area (Å²) >= 11 is 0. The first-order valence-electron chi connectivity index (χ1n) is 10.4. The van der Waals surface area contributed by atoms with Gasteiger partial charge in [-0.05, 0) is 73.2 Å².